The number of aromatic nitrogens is 2. The Bertz CT molecular complexity index is 1410. The lowest BCUT2D eigenvalue weighted by molar-refractivity contribution is 0.0205. The van der Waals surface area contributed by atoms with Crippen LogP contribution in [0.25, 0.3) is 11.0 Å². The molecule has 0 bridgehead atoms. The molecule has 1 aromatic carbocycles. The number of aryl methyl sites for hydroxylation is 1. The molecule has 10 heteroatoms. The van der Waals surface area contributed by atoms with Crippen LogP contribution in [0.5, 0.6) is 5.75 Å². The first kappa shape index (κ1) is 27.3. The summed E-state index contributed by atoms with van der Waals surface area (Å²) in [6, 6.07) is 7.21. The summed E-state index contributed by atoms with van der Waals surface area (Å²) in [7, 11) is 3.51. The van der Waals surface area contributed by atoms with Crippen molar-refractivity contribution in [2.45, 2.75) is 50.0 Å². The van der Waals surface area contributed by atoms with E-state index >= 15 is 0 Å². The van der Waals surface area contributed by atoms with Crippen LogP contribution in [-0.4, -0.2) is 58.5 Å². The number of ether oxygens (including phenoxy) is 2. The number of rotatable bonds is 5. The molecule has 1 fully saturated rings. The van der Waals surface area contributed by atoms with Gasteiger partial charge in [0, 0.05) is 36.8 Å². The number of methoxy groups -OCH3 is 1. The van der Waals surface area contributed by atoms with Gasteiger partial charge in [0.2, 0.25) is 0 Å². The Kier molecular flexibility index (Phi) is 7.88. The van der Waals surface area contributed by atoms with Crippen molar-refractivity contribution < 1.29 is 19.1 Å². The number of pyridine rings is 1. The molecule has 3 heterocycles. The number of benzene rings is 1. The molecular weight excluding hydrogens is 502 g/mol. The number of carbonyl (C=O) groups excluding carboxylic acids is 2. The highest BCUT2D eigenvalue weighted by molar-refractivity contribution is 7.98. The number of nitriles is 1. The van der Waals surface area contributed by atoms with E-state index in [0.29, 0.717) is 35.7 Å². The molecular formula is C28H33N5O4S. The smallest absolute Gasteiger partial charge is 0.410 e. The quantitative estimate of drug-likeness (QED) is 0.427. The van der Waals surface area contributed by atoms with Crippen molar-refractivity contribution in [1.82, 2.24) is 14.5 Å². The predicted molar refractivity (Wildman–Crippen MR) is 148 cm³/mol. The van der Waals surface area contributed by atoms with Gasteiger partial charge in [-0.3, -0.25) is 4.79 Å². The molecule has 200 valence electrons. The molecule has 9 nitrogen and oxygen atoms in total. The average molecular weight is 536 g/mol. The second-order valence-corrected chi connectivity index (χ2v) is 11.2. The Morgan fingerprint density at radius 2 is 1.95 bits per heavy atom. The van der Waals surface area contributed by atoms with Crippen LogP contribution in [0.1, 0.15) is 61.0 Å². The van der Waals surface area contributed by atoms with E-state index < -0.39 is 5.60 Å². The van der Waals surface area contributed by atoms with Gasteiger partial charge in [-0.2, -0.15) is 5.26 Å². The van der Waals surface area contributed by atoms with Gasteiger partial charge in [0.1, 0.15) is 23.0 Å². The van der Waals surface area contributed by atoms with Crippen LogP contribution in [-0.2, 0) is 11.8 Å². The van der Waals surface area contributed by atoms with Crippen LogP contribution in [0.15, 0.2) is 35.5 Å². The monoisotopic (exact) mass is 535 g/mol. The third-order valence-corrected chi connectivity index (χ3v) is 7.38. The largest absolute Gasteiger partial charge is 0.494 e. The average Bonchev–Trinajstić information content (AvgIpc) is 3.23. The number of amides is 2. The molecule has 2 aromatic heterocycles. The third kappa shape index (κ3) is 5.58. The molecule has 2 amide bonds. The van der Waals surface area contributed by atoms with Gasteiger partial charge < -0.3 is 24.3 Å². The highest BCUT2D eigenvalue weighted by Crippen LogP contribution is 2.41. The number of nitrogens with one attached hydrogen (secondary N) is 1. The fourth-order valence-electron chi connectivity index (χ4n) is 4.79. The summed E-state index contributed by atoms with van der Waals surface area (Å²) in [6.07, 6.45) is 6.80. The van der Waals surface area contributed by atoms with Crippen molar-refractivity contribution in [3.05, 3.63) is 47.3 Å². The standard InChI is InChI=1S/C28H33N5O4S/c1-28(2,3)37-27(35)33-11-9-17(10-12-33)20-16-32(4)25-23(20)24(36-5)21(15-30-25)31-26(34)18-7-8-22(38-6)19(13-18)14-29/h7-8,13,15-17H,9-12H2,1-6H3,(H,31,34). The lowest BCUT2D eigenvalue weighted by Crippen LogP contribution is -2.41. The maximum Gasteiger partial charge on any atom is 0.410 e. The van der Waals surface area contributed by atoms with E-state index in [2.05, 4.69) is 22.6 Å². The number of thioether (sulfide) groups is 1. The van der Waals surface area contributed by atoms with Gasteiger partial charge in [0.25, 0.3) is 5.91 Å². The van der Waals surface area contributed by atoms with Crippen molar-refractivity contribution in [2.75, 3.05) is 31.8 Å². The fourth-order valence-corrected chi connectivity index (χ4v) is 5.32. The zero-order valence-electron chi connectivity index (χ0n) is 22.6. The molecule has 38 heavy (non-hydrogen) atoms. The maximum atomic E-state index is 13.1. The lowest BCUT2D eigenvalue weighted by atomic mass is 9.89. The third-order valence-electron chi connectivity index (χ3n) is 6.59. The first-order valence-corrected chi connectivity index (χ1v) is 13.7. The van der Waals surface area contributed by atoms with Crippen LogP contribution in [0.3, 0.4) is 0 Å². The molecule has 4 rings (SSSR count). The normalized spacial score (nSPS) is 14.3. The number of anilines is 1. The first-order chi connectivity index (χ1) is 18.1. The van der Waals surface area contributed by atoms with Gasteiger partial charge in [-0.25, -0.2) is 9.78 Å². The zero-order chi connectivity index (χ0) is 27.6. The van der Waals surface area contributed by atoms with Crippen molar-refractivity contribution >= 4 is 40.5 Å². The maximum absolute atomic E-state index is 13.1. The summed E-state index contributed by atoms with van der Waals surface area (Å²) < 4.78 is 13.3. The van der Waals surface area contributed by atoms with Crippen LogP contribution < -0.4 is 10.1 Å². The molecule has 1 saturated heterocycles. The Hall–Kier alpha value is -3.71. The highest BCUT2D eigenvalue weighted by Gasteiger charge is 2.30. The van der Waals surface area contributed by atoms with Crippen LogP contribution >= 0.6 is 11.8 Å². The van der Waals surface area contributed by atoms with Gasteiger partial charge in [-0.05, 0) is 69.5 Å². The van der Waals surface area contributed by atoms with Crippen molar-refractivity contribution in [3.63, 3.8) is 0 Å². The van der Waals surface area contributed by atoms with E-state index in [4.69, 9.17) is 9.47 Å². The van der Waals surface area contributed by atoms with Gasteiger partial charge in [-0.1, -0.05) is 0 Å². The van der Waals surface area contributed by atoms with Crippen LogP contribution in [0.4, 0.5) is 10.5 Å². The summed E-state index contributed by atoms with van der Waals surface area (Å²) in [5.41, 5.74) is 2.58. The SMILES string of the molecule is COc1c(NC(=O)c2ccc(SC)c(C#N)c2)cnc2c1c(C1CCN(C(=O)OC(C)(C)C)CC1)cn2C. The summed E-state index contributed by atoms with van der Waals surface area (Å²) >= 11 is 1.46. The number of fused-ring (bicyclic) bond motifs is 1. The molecule has 1 N–H and O–H groups in total. The first-order valence-electron chi connectivity index (χ1n) is 12.5. The van der Waals surface area contributed by atoms with E-state index in [1.807, 2.05) is 38.6 Å². The molecule has 0 saturated carbocycles. The molecule has 3 aromatic rings. The van der Waals surface area contributed by atoms with E-state index in [1.165, 1.54) is 11.8 Å². The van der Waals surface area contributed by atoms with E-state index in [0.717, 1.165) is 34.3 Å². The van der Waals surface area contributed by atoms with Gasteiger partial charge in [0.05, 0.1) is 24.3 Å². The number of piperidine rings is 1. The molecule has 1 aliphatic heterocycles. The Labute approximate surface area is 227 Å². The predicted octanol–water partition coefficient (Wildman–Crippen LogP) is 5.54. The minimum absolute atomic E-state index is 0.191. The second kappa shape index (κ2) is 11.0. The minimum atomic E-state index is -0.531. The van der Waals surface area contributed by atoms with E-state index in [-0.39, 0.29) is 17.9 Å². The zero-order valence-corrected chi connectivity index (χ0v) is 23.4. The minimum Gasteiger partial charge on any atom is -0.494 e. The van der Waals surface area contributed by atoms with E-state index in [9.17, 15) is 14.9 Å². The van der Waals surface area contributed by atoms with Crippen LogP contribution in [0, 0.1) is 11.3 Å². The summed E-state index contributed by atoms with van der Waals surface area (Å²) in [4.78, 5) is 32.8. The van der Waals surface area contributed by atoms with Crippen molar-refractivity contribution in [1.29, 1.82) is 5.26 Å². The Morgan fingerprint density at radius 3 is 2.55 bits per heavy atom. The number of carbonyl (C=O) groups is 2. The van der Waals surface area contributed by atoms with Crippen molar-refractivity contribution in [2.24, 2.45) is 7.05 Å². The molecule has 1 aliphatic rings. The molecule has 0 aliphatic carbocycles. The summed E-state index contributed by atoms with van der Waals surface area (Å²) in [5, 5.41) is 13.2. The summed E-state index contributed by atoms with van der Waals surface area (Å²) in [5.74, 6) is 0.378. The van der Waals surface area contributed by atoms with Crippen LogP contribution in [0.2, 0.25) is 0 Å². The lowest BCUT2D eigenvalue weighted by Gasteiger charge is -2.33. The molecule has 0 radical (unpaired) electrons. The topological polar surface area (TPSA) is 109 Å². The second-order valence-electron chi connectivity index (χ2n) is 10.3. The number of likely N-dealkylation sites (tertiary alicyclic amines) is 1. The summed E-state index contributed by atoms with van der Waals surface area (Å²) in [6.45, 7) is 6.78. The number of nitrogens with zero attached hydrogens (tertiary/aromatic N) is 4. The van der Waals surface area contributed by atoms with Gasteiger partial charge >= 0.3 is 6.09 Å². The van der Waals surface area contributed by atoms with Gasteiger partial charge in [0.15, 0.2) is 5.75 Å². The van der Waals surface area contributed by atoms with E-state index in [1.54, 1.807) is 36.4 Å². The Morgan fingerprint density at radius 1 is 1.24 bits per heavy atom. The fraction of sp³-hybridized carbons (Fsp3) is 0.429. The molecule has 0 unspecified atom stereocenters. The molecule has 0 atom stereocenters. The highest BCUT2D eigenvalue weighted by atomic mass is 32.2. The van der Waals surface area contributed by atoms with Gasteiger partial charge in [-0.15, -0.1) is 11.8 Å². The Balaban J connectivity index is 1.61. The molecule has 0 spiro atoms. The number of hydrogen-bond donors (Lipinski definition) is 1. The van der Waals surface area contributed by atoms with Crippen molar-refractivity contribution in [3.8, 4) is 11.8 Å². The number of hydrogen-bond acceptors (Lipinski definition) is 7.